The Morgan fingerprint density at radius 1 is 0.700 bits per heavy atom. The highest BCUT2D eigenvalue weighted by atomic mass is 16.3. The Hall–Kier alpha value is -2.15. The van der Waals surface area contributed by atoms with Crippen molar-refractivity contribution in [1.82, 2.24) is 0 Å². The van der Waals surface area contributed by atoms with E-state index < -0.39 is 0 Å². The summed E-state index contributed by atoms with van der Waals surface area (Å²) in [6.45, 7) is 8.49. The van der Waals surface area contributed by atoms with Gasteiger partial charge in [-0.15, -0.1) is 0 Å². The first-order chi connectivity index (χ1) is 9.54. The lowest BCUT2D eigenvalue weighted by Gasteiger charge is -2.01. The Bertz CT molecular complexity index is 800. The van der Waals surface area contributed by atoms with E-state index in [1.165, 1.54) is 27.6 Å². The van der Waals surface area contributed by atoms with Gasteiger partial charge in [-0.25, -0.2) is 4.42 Å². The fraction of sp³-hybridized carbons (Fsp3) is 0.211. The number of aryl methyl sites for hydroxylation is 4. The molecular weight excluding hydrogens is 244 g/mol. The molecule has 1 aromatic heterocycles. The average Bonchev–Trinajstić information content (AvgIpc) is 2.41. The fourth-order valence-corrected chi connectivity index (χ4v) is 2.60. The molecule has 0 aliphatic carbocycles. The van der Waals surface area contributed by atoms with E-state index in [1.807, 2.05) is 0 Å². The van der Waals surface area contributed by atoms with Gasteiger partial charge in [-0.05, 0) is 68.1 Å². The van der Waals surface area contributed by atoms with Gasteiger partial charge < -0.3 is 0 Å². The Balaban J connectivity index is 2.19. The zero-order valence-corrected chi connectivity index (χ0v) is 12.4. The van der Waals surface area contributed by atoms with Crippen LogP contribution in [0.4, 0.5) is 0 Å². The van der Waals surface area contributed by atoms with E-state index in [-0.39, 0.29) is 0 Å². The first-order valence-corrected chi connectivity index (χ1v) is 6.96. The first kappa shape index (κ1) is 12.9. The van der Waals surface area contributed by atoms with Crippen LogP contribution in [0.25, 0.3) is 22.3 Å². The lowest BCUT2D eigenvalue weighted by Crippen LogP contribution is -1.86. The molecule has 0 bridgehead atoms. The zero-order chi connectivity index (χ0) is 14.3. The van der Waals surface area contributed by atoms with E-state index in [9.17, 15) is 0 Å². The van der Waals surface area contributed by atoms with Crippen LogP contribution in [0.3, 0.4) is 0 Å². The maximum Gasteiger partial charge on any atom is 0.361 e. The molecule has 3 rings (SSSR count). The van der Waals surface area contributed by atoms with Gasteiger partial charge in [0.1, 0.15) is 0 Å². The van der Waals surface area contributed by atoms with Crippen LogP contribution in [-0.2, 0) is 0 Å². The summed E-state index contributed by atoms with van der Waals surface area (Å²) in [7, 11) is 0. The average molecular weight is 263 g/mol. The normalized spacial score (nSPS) is 11.0. The van der Waals surface area contributed by atoms with E-state index in [4.69, 9.17) is 4.42 Å². The number of rotatable bonds is 1. The van der Waals surface area contributed by atoms with Crippen molar-refractivity contribution in [2.75, 3.05) is 0 Å². The van der Waals surface area contributed by atoms with Crippen LogP contribution in [0, 0.1) is 27.7 Å². The summed E-state index contributed by atoms with van der Waals surface area (Å²) >= 11 is 0. The molecule has 0 unspecified atom stereocenters. The van der Waals surface area contributed by atoms with Gasteiger partial charge in [-0.2, -0.15) is 0 Å². The Kier molecular flexibility index (Phi) is 3.06. The van der Waals surface area contributed by atoms with E-state index in [1.54, 1.807) is 0 Å². The van der Waals surface area contributed by atoms with Gasteiger partial charge in [0.05, 0.1) is 10.9 Å². The lowest BCUT2D eigenvalue weighted by molar-refractivity contribution is 0.619. The minimum absolute atomic E-state index is 0.922. The molecule has 0 saturated heterocycles. The van der Waals surface area contributed by atoms with Crippen LogP contribution in [0.15, 0.2) is 46.9 Å². The van der Waals surface area contributed by atoms with Crippen molar-refractivity contribution in [3.63, 3.8) is 0 Å². The van der Waals surface area contributed by atoms with Gasteiger partial charge in [-0.3, -0.25) is 0 Å². The van der Waals surface area contributed by atoms with Crippen molar-refractivity contribution in [2.24, 2.45) is 0 Å². The van der Waals surface area contributed by atoms with Crippen molar-refractivity contribution in [3.8, 4) is 11.3 Å². The molecule has 0 aliphatic heterocycles. The second-order valence-electron chi connectivity index (χ2n) is 5.59. The van der Waals surface area contributed by atoms with Gasteiger partial charge >= 0.3 is 11.3 Å². The topological polar surface area (TPSA) is 11.3 Å². The summed E-state index contributed by atoms with van der Waals surface area (Å²) < 4.78 is 6.10. The molecule has 0 amide bonds. The molecule has 0 N–H and O–H groups in total. The minimum atomic E-state index is 0.922. The van der Waals surface area contributed by atoms with Crippen LogP contribution in [-0.4, -0.2) is 0 Å². The molecule has 3 aromatic rings. The molecule has 0 atom stereocenters. The highest BCUT2D eigenvalue weighted by Crippen LogP contribution is 2.28. The van der Waals surface area contributed by atoms with Crippen LogP contribution < -0.4 is 0 Å². The molecule has 0 saturated carbocycles. The molecule has 20 heavy (non-hydrogen) atoms. The predicted molar refractivity (Wildman–Crippen MR) is 85.0 cm³/mol. The van der Waals surface area contributed by atoms with Crippen molar-refractivity contribution in [2.45, 2.75) is 27.7 Å². The highest BCUT2D eigenvalue weighted by molar-refractivity contribution is 5.82. The first-order valence-electron chi connectivity index (χ1n) is 6.96. The molecule has 0 spiro atoms. The van der Waals surface area contributed by atoms with Crippen LogP contribution in [0.1, 0.15) is 22.3 Å². The highest BCUT2D eigenvalue weighted by Gasteiger charge is 2.16. The number of hydrogen-bond donors (Lipinski definition) is 0. The maximum atomic E-state index is 6.10. The summed E-state index contributed by atoms with van der Waals surface area (Å²) in [5.41, 5.74) is 7.18. The smallest absolute Gasteiger partial charge is 0.207 e. The second kappa shape index (κ2) is 4.75. The Morgan fingerprint density at radius 2 is 1.50 bits per heavy atom. The predicted octanol–water partition coefficient (Wildman–Crippen LogP) is 5.61. The molecule has 2 aromatic carbocycles. The minimum Gasteiger partial charge on any atom is -0.207 e. The molecule has 0 radical (unpaired) electrons. The third-order valence-corrected chi connectivity index (χ3v) is 3.91. The Morgan fingerprint density at radius 3 is 2.25 bits per heavy atom. The fourth-order valence-electron chi connectivity index (χ4n) is 2.60. The van der Waals surface area contributed by atoms with E-state index in [0.29, 0.717) is 0 Å². The van der Waals surface area contributed by atoms with Gasteiger partial charge in [-0.1, -0.05) is 12.1 Å². The van der Waals surface area contributed by atoms with Crippen molar-refractivity contribution >= 4 is 11.0 Å². The largest absolute Gasteiger partial charge is 0.361 e. The van der Waals surface area contributed by atoms with E-state index in [2.05, 4.69) is 70.2 Å². The van der Waals surface area contributed by atoms with Gasteiger partial charge in [0.2, 0.25) is 0 Å². The van der Waals surface area contributed by atoms with Gasteiger partial charge in [0, 0.05) is 12.1 Å². The molecule has 0 aliphatic rings. The molecule has 1 heterocycles. The molecule has 100 valence electrons. The van der Waals surface area contributed by atoms with Crippen LogP contribution >= 0.6 is 0 Å². The van der Waals surface area contributed by atoms with Crippen molar-refractivity contribution < 1.29 is 4.42 Å². The Labute approximate surface area is 119 Å². The zero-order valence-electron chi connectivity index (χ0n) is 12.4. The van der Waals surface area contributed by atoms with Crippen molar-refractivity contribution in [3.05, 3.63) is 64.7 Å². The van der Waals surface area contributed by atoms with E-state index >= 15 is 0 Å². The van der Waals surface area contributed by atoms with Gasteiger partial charge in [0.25, 0.3) is 0 Å². The van der Waals surface area contributed by atoms with Crippen LogP contribution in [0.2, 0.25) is 0 Å². The maximum absolute atomic E-state index is 6.10. The molecular formula is C19H19O+. The SMILES string of the molecule is Cc1cc(C)c2ccc(-c3ccc(C)c(C)c3)[o+]c2c1. The monoisotopic (exact) mass is 263 g/mol. The summed E-state index contributed by atoms with van der Waals surface area (Å²) in [4.78, 5) is 0. The second-order valence-corrected chi connectivity index (χ2v) is 5.59. The summed E-state index contributed by atoms with van der Waals surface area (Å²) in [6.07, 6.45) is 0. The molecule has 1 nitrogen and oxygen atoms in total. The van der Waals surface area contributed by atoms with Crippen LogP contribution in [0.5, 0.6) is 0 Å². The lowest BCUT2D eigenvalue weighted by atomic mass is 10.0. The van der Waals surface area contributed by atoms with Gasteiger partial charge in [0.15, 0.2) is 0 Å². The number of hydrogen-bond acceptors (Lipinski definition) is 0. The quantitative estimate of drug-likeness (QED) is 0.519. The summed E-state index contributed by atoms with van der Waals surface area (Å²) in [5.74, 6) is 0.922. The number of fused-ring (bicyclic) bond motifs is 1. The third-order valence-electron chi connectivity index (χ3n) is 3.91. The molecule has 1 heteroatoms. The number of benzene rings is 2. The molecule has 0 fully saturated rings. The standard InChI is InChI=1S/C19H19O/c1-12-9-15(4)17-7-8-18(20-19(17)10-12)16-6-5-13(2)14(3)11-16/h5-11H,1-4H3/q+1. The summed E-state index contributed by atoms with van der Waals surface area (Å²) in [5, 5.41) is 1.18. The van der Waals surface area contributed by atoms with Crippen molar-refractivity contribution in [1.29, 1.82) is 0 Å². The summed E-state index contributed by atoms with van der Waals surface area (Å²) in [6, 6.07) is 15.0. The van der Waals surface area contributed by atoms with E-state index in [0.717, 1.165) is 16.9 Å². The third kappa shape index (κ3) is 2.20.